The van der Waals surface area contributed by atoms with Crippen molar-refractivity contribution in [1.29, 1.82) is 0 Å². The molecule has 0 saturated carbocycles. The summed E-state index contributed by atoms with van der Waals surface area (Å²) in [5.74, 6) is -0.538. The Labute approximate surface area is 101 Å². The second-order valence-electron chi connectivity index (χ2n) is 2.16. The molecule has 8 heteroatoms. The van der Waals surface area contributed by atoms with E-state index in [9.17, 15) is 8.42 Å². The third-order valence-corrected chi connectivity index (χ3v) is 2.34. The first kappa shape index (κ1) is 16.2. The smallest absolute Gasteiger partial charge is 1.00 e. The zero-order valence-corrected chi connectivity index (χ0v) is 10.3. The fourth-order valence-electron chi connectivity index (χ4n) is 0.516. The Kier molecular flexibility index (Phi) is 10.1. The Hall–Kier alpha value is 0.790. The predicted octanol–water partition coefficient (Wildman–Crippen LogP) is -5.24. The minimum atomic E-state index is -3.75. The molecule has 4 N–H and O–H groups in total. The summed E-state index contributed by atoms with van der Waals surface area (Å²) in [4.78, 5) is 0. The van der Waals surface area contributed by atoms with Crippen LogP contribution in [-0.2, 0) is 14.3 Å². The average molecular weight is 223 g/mol. The SMILES string of the molecule is NCC(O)CS(=O)(=O)OCCO.[H-].[Na+]. The van der Waals surface area contributed by atoms with E-state index in [1.807, 2.05) is 0 Å². The molecular formula is C5H14NNaO5S. The van der Waals surface area contributed by atoms with Crippen LogP contribution in [0.5, 0.6) is 0 Å². The van der Waals surface area contributed by atoms with Crippen molar-refractivity contribution >= 4 is 10.1 Å². The molecule has 0 rings (SSSR count). The summed E-state index contributed by atoms with van der Waals surface area (Å²) in [6.07, 6.45) is -1.12. The standard InChI is InChI=1S/C5H13NO5S.Na.H/c6-3-5(8)4-12(9,10)11-2-1-7;;/h5,7-8H,1-4,6H2;;/q;+1;-1. The third-order valence-electron chi connectivity index (χ3n) is 1.02. The van der Waals surface area contributed by atoms with Crippen molar-refractivity contribution in [2.75, 3.05) is 25.5 Å². The molecule has 0 aliphatic rings. The normalized spacial score (nSPS) is 13.5. The van der Waals surface area contributed by atoms with E-state index in [1.54, 1.807) is 0 Å². The average Bonchev–Trinajstić information content (AvgIpc) is 2.00. The molecule has 0 aliphatic heterocycles. The quantitative estimate of drug-likeness (QED) is 0.306. The van der Waals surface area contributed by atoms with Crippen molar-refractivity contribution in [3.8, 4) is 0 Å². The summed E-state index contributed by atoms with van der Waals surface area (Å²) < 4.78 is 25.9. The molecule has 0 aromatic rings. The molecule has 0 aromatic carbocycles. The second-order valence-corrected chi connectivity index (χ2v) is 3.84. The summed E-state index contributed by atoms with van der Waals surface area (Å²) >= 11 is 0. The van der Waals surface area contributed by atoms with Crippen molar-refractivity contribution in [3.05, 3.63) is 0 Å². The monoisotopic (exact) mass is 223 g/mol. The molecule has 6 nitrogen and oxygen atoms in total. The zero-order valence-electron chi connectivity index (χ0n) is 8.51. The van der Waals surface area contributed by atoms with Crippen LogP contribution in [0.2, 0.25) is 0 Å². The van der Waals surface area contributed by atoms with Gasteiger partial charge in [0, 0.05) is 6.54 Å². The molecule has 0 fully saturated rings. The number of hydrogen-bond acceptors (Lipinski definition) is 6. The van der Waals surface area contributed by atoms with E-state index >= 15 is 0 Å². The van der Waals surface area contributed by atoms with Crippen LogP contribution in [0.1, 0.15) is 1.43 Å². The van der Waals surface area contributed by atoms with Gasteiger partial charge in [-0.3, -0.25) is 4.18 Å². The summed E-state index contributed by atoms with van der Waals surface area (Å²) in [7, 11) is -3.75. The van der Waals surface area contributed by atoms with Crippen molar-refractivity contribution < 1.29 is 53.8 Å². The van der Waals surface area contributed by atoms with Crippen molar-refractivity contribution in [1.82, 2.24) is 0 Å². The first-order chi connectivity index (χ1) is 5.52. The maximum Gasteiger partial charge on any atom is 1.00 e. The van der Waals surface area contributed by atoms with Gasteiger partial charge in [-0.05, 0) is 0 Å². The number of aliphatic hydroxyl groups excluding tert-OH is 2. The van der Waals surface area contributed by atoms with E-state index in [1.165, 1.54) is 0 Å². The van der Waals surface area contributed by atoms with E-state index in [0.717, 1.165) is 0 Å². The van der Waals surface area contributed by atoms with Gasteiger partial charge in [-0.25, -0.2) is 0 Å². The number of hydrogen-bond donors (Lipinski definition) is 3. The minimum absolute atomic E-state index is 0. The maximum absolute atomic E-state index is 10.8. The Balaban J connectivity index is -0.000000605. The maximum atomic E-state index is 10.8. The van der Waals surface area contributed by atoms with Crippen LogP contribution in [0.4, 0.5) is 0 Å². The van der Waals surface area contributed by atoms with Crippen LogP contribution in [-0.4, -0.2) is 50.2 Å². The molecule has 0 radical (unpaired) electrons. The second kappa shape index (κ2) is 8.13. The summed E-state index contributed by atoms with van der Waals surface area (Å²) in [5.41, 5.74) is 4.99. The van der Waals surface area contributed by atoms with E-state index in [4.69, 9.17) is 15.9 Å². The van der Waals surface area contributed by atoms with Gasteiger partial charge in [0.05, 0.1) is 19.3 Å². The summed E-state index contributed by atoms with van der Waals surface area (Å²) in [6, 6.07) is 0. The van der Waals surface area contributed by atoms with E-state index in [0.29, 0.717) is 0 Å². The van der Waals surface area contributed by atoms with Crippen LogP contribution in [0, 0.1) is 0 Å². The Morgan fingerprint density at radius 3 is 2.46 bits per heavy atom. The van der Waals surface area contributed by atoms with Crippen LogP contribution in [0.3, 0.4) is 0 Å². The number of nitrogens with two attached hydrogens (primary N) is 1. The van der Waals surface area contributed by atoms with Gasteiger partial charge >= 0.3 is 29.6 Å². The molecule has 0 spiro atoms. The molecule has 0 amide bonds. The Bertz CT molecular complexity index is 212. The van der Waals surface area contributed by atoms with E-state index in [2.05, 4.69) is 4.18 Å². The van der Waals surface area contributed by atoms with Gasteiger partial charge in [0.1, 0.15) is 5.75 Å². The fraction of sp³-hybridized carbons (Fsp3) is 1.00. The Morgan fingerprint density at radius 1 is 1.54 bits per heavy atom. The fourth-order valence-corrected chi connectivity index (χ4v) is 1.55. The zero-order chi connectivity index (χ0) is 9.61. The topological polar surface area (TPSA) is 110 Å². The molecule has 1 atom stereocenters. The number of rotatable bonds is 6. The van der Waals surface area contributed by atoms with Gasteiger partial charge in [-0.2, -0.15) is 8.42 Å². The van der Waals surface area contributed by atoms with Crippen molar-refractivity contribution in [2.24, 2.45) is 5.73 Å². The van der Waals surface area contributed by atoms with Crippen molar-refractivity contribution in [2.45, 2.75) is 6.10 Å². The molecule has 1 unspecified atom stereocenters. The largest absolute Gasteiger partial charge is 1.00 e. The molecule has 76 valence electrons. The van der Waals surface area contributed by atoms with Crippen LogP contribution in [0.25, 0.3) is 0 Å². The van der Waals surface area contributed by atoms with Gasteiger partial charge in [0.15, 0.2) is 0 Å². The van der Waals surface area contributed by atoms with Crippen LogP contribution in [0.15, 0.2) is 0 Å². The third kappa shape index (κ3) is 9.10. The molecule has 13 heavy (non-hydrogen) atoms. The summed E-state index contributed by atoms with van der Waals surface area (Å²) in [5, 5.41) is 17.1. The predicted molar refractivity (Wildman–Crippen MR) is 43.0 cm³/mol. The van der Waals surface area contributed by atoms with E-state index in [-0.39, 0.29) is 50.7 Å². The molecule has 0 heterocycles. The number of aliphatic hydroxyl groups is 2. The van der Waals surface area contributed by atoms with Gasteiger partial charge in [-0.1, -0.05) is 0 Å². The Morgan fingerprint density at radius 2 is 2.08 bits per heavy atom. The first-order valence-electron chi connectivity index (χ1n) is 3.38. The minimum Gasteiger partial charge on any atom is -1.00 e. The van der Waals surface area contributed by atoms with Crippen molar-refractivity contribution in [3.63, 3.8) is 0 Å². The van der Waals surface area contributed by atoms with E-state index < -0.39 is 22.0 Å². The molecule has 0 saturated heterocycles. The van der Waals surface area contributed by atoms with Crippen LogP contribution >= 0.6 is 0 Å². The van der Waals surface area contributed by atoms with Gasteiger partial charge in [0.25, 0.3) is 10.1 Å². The van der Waals surface area contributed by atoms with Gasteiger partial charge < -0.3 is 17.4 Å². The molecule has 0 aliphatic carbocycles. The first-order valence-corrected chi connectivity index (χ1v) is 4.95. The molecule has 0 aromatic heterocycles. The van der Waals surface area contributed by atoms with Gasteiger partial charge in [-0.15, -0.1) is 0 Å². The van der Waals surface area contributed by atoms with Gasteiger partial charge in [0.2, 0.25) is 0 Å². The molecule has 0 bridgehead atoms. The molecular weight excluding hydrogens is 209 g/mol. The summed E-state index contributed by atoms with van der Waals surface area (Å²) in [6.45, 7) is -0.806. The van der Waals surface area contributed by atoms with Crippen LogP contribution < -0.4 is 35.3 Å².